The fraction of sp³-hybridized carbons (Fsp3) is 0.0455. The third-order valence-electron chi connectivity index (χ3n) is 4.60. The molecule has 0 bridgehead atoms. The molecule has 0 saturated heterocycles. The number of fused-ring (bicyclic) bond motifs is 3. The first-order valence-electron chi connectivity index (χ1n) is 9.17. The topological polar surface area (TPSA) is 73.0 Å². The summed E-state index contributed by atoms with van der Waals surface area (Å²) in [5.74, 6) is 0.0662. The molecular weight excluding hydrogens is 420 g/mol. The first kappa shape index (κ1) is 18.7. The fourth-order valence-corrected chi connectivity index (χ4v) is 4.17. The van der Waals surface area contributed by atoms with Crippen LogP contribution in [0.25, 0.3) is 27.6 Å². The average molecular weight is 435 g/mol. The average Bonchev–Trinajstić information content (AvgIpc) is 3.36. The van der Waals surface area contributed by atoms with E-state index >= 15 is 0 Å². The molecule has 1 N–H and O–H groups in total. The molecule has 2 heterocycles. The number of halogens is 1. The number of nitrogens with zero attached hydrogens (tertiary/aromatic N) is 3. The Balaban J connectivity index is 1.30. The minimum absolute atomic E-state index is 0.132. The molecule has 0 aliphatic carbocycles. The molecule has 0 saturated carbocycles. The molecule has 0 atom stereocenters. The number of furan rings is 1. The second-order valence-electron chi connectivity index (χ2n) is 6.61. The number of nitrogens with one attached hydrogen (secondary N) is 1. The molecule has 0 aliphatic rings. The van der Waals surface area contributed by atoms with Crippen LogP contribution in [-0.4, -0.2) is 26.4 Å². The summed E-state index contributed by atoms with van der Waals surface area (Å²) in [7, 11) is 0. The predicted octanol–water partition coefficient (Wildman–Crippen LogP) is 5.55. The van der Waals surface area contributed by atoms with Gasteiger partial charge in [0.25, 0.3) is 0 Å². The highest BCUT2D eigenvalue weighted by molar-refractivity contribution is 7.99. The van der Waals surface area contributed by atoms with Gasteiger partial charge >= 0.3 is 0 Å². The van der Waals surface area contributed by atoms with Gasteiger partial charge in [0.2, 0.25) is 5.91 Å². The number of hydrogen-bond donors (Lipinski definition) is 1. The van der Waals surface area contributed by atoms with Gasteiger partial charge in [0.1, 0.15) is 17.5 Å². The van der Waals surface area contributed by atoms with Crippen molar-refractivity contribution in [1.82, 2.24) is 14.8 Å². The first-order valence-corrected chi connectivity index (χ1v) is 10.5. The highest BCUT2D eigenvalue weighted by Crippen LogP contribution is 2.30. The van der Waals surface area contributed by atoms with Crippen LogP contribution in [0.2, 0.25) is 5.02 Å². The van der Waals surface area contributed by atoms with E-state index in [0.29, 0.717) is 10.2 Å². The Kier molecular flexibility index (Phi) is 4.90. The Hall–Kier alpha value is -3.29. The van der Waals surface area contributed by atoms with Crippen LogP contribution in [0.3, 0.4) is 0 Å². The van der Waals surface area contributed by atoms with Gasteiger partial charge in [0.15, 0.2) is 5.16 Å². The zero-order valence-corrected chi connectivity index (χ0v) is 17.2. The van der Waals surface area contributed by atoms with Crippen molar-refractivity contribution in [3.63, 3.8) is 0 Å². The van der Waals surface area contributed by atoms with Gasteiger partial charge in [-0.05, 0) is 42.5 Å². The van der Waals surface area contributed by atoms with Crippen LogP contribution in [0.4, 0.5) is 5.69 Å². The molecule has 2 aromatic heterocycles. The van der Waals surface area contributed by atoms with E-state index in [4.69, 9.17) is 16.0 Å². The number of para-hydroxylation sites is 1. The Labute approximate surface area is 180 Å². The monoisotopic (exact) mass is 434 g/mol. The van der Waals surface area contributed by atoms with E-state index in [-0.39, 0.29) is 11.7 Å². The number of carbonyl (C=O) groups excluding carboxylic acids is 1. The predicted molar refractivity (Wildman–Crippen MR) is 119 cm³/mol. The van der Waals surface area contributed by atoms with E-state index in [1.165, 1.54) is 11.8 Å². The Morgan fingerprint density at radius 1 is 1.03 bits per heavy atom. The number of rotatable bonds is 5. The molecule has 0 spiro atoms. The molecular formula is C22H15ClN4O2S. The van der Waals surface area contributed by atoms with Gasteiger partial charge in [-0.25, -0.2) is 0 Å². The SMILES string of the molecule is O=C(CSc1nncn1-c1cccc(Cl)c1)Nc1ccc2oc3ccccc3c2c1. The van der Waals surface area contributed by atoms with Gasteiger partial charge in [-0.1, -0.05) is 47.6 Å². The minimum atomic E-state index is -0.132. The van der Waals surface area contributed by atoms with Gasteiger partial charge in [-0.15, -0.1) is 10.2 Å². The lowest BCUT2D eigenvalue weighted by Gasteiger charge is -2.07. The third-order valence-corrected chi connectivity index (χ3v) is 5.77. The maximum Gasteiger partial charge on any atom is 0.234 e. The molecule has 0 unspecified atom stereocenters. The Morgan fingerprint density at radius 3 is 2.80 bits per heavy atom. The van der Waals surface area contributed by atoms with Crippen LogP contribution in [0.5, 0.6) is 0 Å². The van der Waals surface area contributed by atoms with Crippen molar-refractivity contribution in [1.29, 1.82) is 0 Å². The van der Waals surface area contributed by atoms with Crippen molar-refractivity contribution < 1.29 is 9.21 Å². The highest BCUT2D eigenvalue weighted by atomic mass is 35.5. The van der Waals surface area contributed by atoms with Gasteiger partial charge in [0, 0.05) is 21.5 Å². The van der Waals surface area contributed by atoms with Gasteiger partial charge in [0.05, 0.1) is 11.4 Å². The molecule has 148 valence electrons. The molecule has 0 fully saturated rings. The highest BCUT2D eigenvalue weighted by Gasteiger charge is 2.12. The Morgan fingerprint density at radius 2 is 1.90 bits per heavy atom. The van der Waals surface area contributed by atoms with Crippen molar-refractivity contribution in [3.05, 3.63) is 78.1 Å². The molecule has 3 aromatic carbocycles. The number of anilines is 1. The van der Waals surface area contributed by atoms with Crippen LogP contribution in [0, 0.1) is 0 Å². The normalized spacial score (nSPS) is 11.2. The number of carbonyl (C=O) groups is 1. The Bertz CT molecular complexity index is 1380. The second kappa shape index (κ2) is 7.85. The maximum atomic E-state index is 12.5. The molecule has 1 amide bonds. The molecule has 6 nitrogen and oxygen atoms in total. The molecule has 0 aliphatic heterocycles. The summed E-state index contributed by atoms with van der Waals surface area (Å²) in [6.07, 6.45) is 1.60. The molecule has 5 aromatic rings. The summed E-state index contributed by atoms with van der Waals surface area (Å²) in [5, 5.41) is 14.2. The largest absolute Gasteiger partial charge is 0.456 e. The zero-order valence-electron chi connectivity index (χ0n) is 15.6. The molecule has 8 heteroatoms. The van der Waals surface area contributed by atoms with Crippen molar-refractivity contribution in [2.45, 2.75) is 5.16 Å². The fourth-order valence-electron chi connectivity index (χ4n) is 3.26. The van der Waals surface area contributed by atoms with Crippen LogP contribution in [0.15, 0.2) is 82.6 Å². The summed E-state index contributed by atoms with van der Waals surface area (Å²) in [6, 6.07) is 20.9. The van der Waals surface area contributed by atoms with E-state index in [0.717, 1.165) is 33.3 Å². The lowest BCUT2D eigenvalue weighted by molar-refractivity contribution is -0.113. The van der Waals surface area contributed by atoms with E-state index in [9.17, 15) is 4.79 Å². The molecule has 30 heavy (non-hydrogen) atoms. The smallest absolute Gasteiger partial charge is 0.234 e. The summed E-state index contributed by atoms with van der Waals surface area (Å²) in [5.41, 5.74) is 3.17. The number of hydrogen-bond acceptors (Lipinski definition) is 5. The lowest BCUT2D eigenvalue weighted by atomic mass is 10.1. The number of aromatic nitrogens is 3. The van der Waals surface area contributed by atoms with Crippen molar-refractivity contribution in [2.75, 3.05) is 11.1 Å². The number of amides is 1. The van der Waals surface area contributed by atoms with Crippen molar-refractivity contribution >= 4 is 56.9 Å². The van der Waals surface area contributed by atoms with Gasteiger partial charge < -0.3 is 9.73 Å². The van der Waals surface area contributed by atoms with Gasteiger partial charge in [-0.3, -0.25) is 9.36 Å². The summed E-state index contributed by atoms with van der Waals surface area (Å²) < 4.78 is 7.63. The van der Waals surface area contributed by atoms with E-state index < -0.39 is 0 Å². The first-order chi connectivity index (χ1) is 14.7. The second-order valence-corrected chi connectivity index (χ2v) is 7.99. The standard InChI is InChI=1S/C22H15ClN4O2S/c23-14-4-3-5-16(10-14)27-13-24-26-22(27)30-12-21(28)25-15-8-9-20-18(11-15)17-6-1-2-7-19(17)29-20/h1-11,13H,12H2,(H,25,28). The van der Waals surface area contributed by atoms with Crippen LogP contribution in [0.1, 0.15) is 0 Å². The minimum Gasteiger partial charge on any atom is -0.456 e. The van der Waals surface area contributed by atoms with Crippen LogP contribution >= 0.6 is 23.4 Å². The number of thioether (sulfide) groups is 1. The van der Waals surface area contributed by atoms with Crippen molar-refractivity contribution in [2.24, 2.45) is 0 Å². The number of benzene rings is 3. The molecule has 5 rings (SSSR count). The quantitative estimate of drug-likeness (QED) is 0.367. The summed E-state index contributed by atoms with van der Waals surface area (Å²) in [4.78, 5) is 12.5. The summed E-state index contributed by atoms with van der Waals surface area (Å²) in [6.45, 7) is 0. The van der Waals surface area contributed by atoms with Gasteiger partial charge in [-0.2, -0.15) is 0 Å². The van der Waals surface area contributed by atoms with E-state index in [2.05, 4.69) is 15.5 Å². The molecule has 0 radical (unpaired) electrons. The van der Waals surface area contributed by atoms with Crippen LogP contribution < -0.4 is 5.32 Å². The zero-order chi connectivity index (χ0) is 20.5. The lowest BCUT2D eigenvalue weighted by Crippen LogP contribution is -2.14. The van der Waals surface area contributed by atoms with Crippen LogP contribution in [-0.2, 0) is 4.79 Å². The van der Waals surface area contributed by atoms with E-state index in [1.807, 2.05) is 60.7 Å². The maximum absolute atomic E-state index is 12.5. The summed E-state index contributed by atoms with van der Waals surface area (Å²) >= 11 is 7.38. The third kappa shape index (κ3) is 3.65. The van der Waals surface area contributed by atoms with E-state index in [1.54, 1.807) is 17.0 Å². The van der Waals surface area contributed by atoms with Crippen molar-refractivity contribution in [3.8, 4) is 5.69 Å².